The van der Waals surface area contributed by atoms with Gasteiger partial charge >= 0.3 is 0 Å². The average Bonchev–Trinajstić information content (AvgIpc) is 3.54. The molecule has 1 aliphatic heterocycles. The van der Waals surface area contributed by atoms with Gasteiger partial charge < -0.3 is 14.6 Å². The summed E-state index contributed by atoms with van der Waals surface area (Å²) in [7, 11) is 0. The van der Waals surface area contributed by atoms with Gasteiger partial charge in [0.15, 0.2) is 0 Å². The summed E-state index contributed by atoms with van der Waals surface area (Å²) >= 11 is 3.02. The van der Waals surface area contributed by atoms with Crippen LogP contribution in [-0.4, -0.2) is 45.5 Å². The first-order valence-corrected chi connectivity index (χ1v) is 12.3. The molecule has 1 fully saturated rings. The van der Waals surface area contributed by atoms with E-state index in [0.717, 1.165) is 22.9 Å². The molecule has 7 nitrogen and oxygen atoms in total. The molecular weight excluding hydrogens is 444 g/mol. The van der Waals surface area contributed by atoms with E-state index in [0.29, 0.717) is 42.4 Å². The fourth-order valence-electron chi connectivity index (χ4n) is 3.56. The summed E-state index contributed by atoms with van der Waals surface area (Å²) in [6.45, 7) is 5.38. The molecule has 0 aliphatic carbocycles. The molecule has 4 rings (SSSR count). The molecule has 4 heterocycles. The van der Waals surface area contributed by atoms with E-state index in [-0.39, 0.29) is 17.7 Å². The molecule has 1 aliphatic rings. The Morgan fingerprint density at radius 2 is 2.16 bits per heavy atom. The molecule has 0 radical (unpaired) electrons. The average molecular weight is 469 g/mol. The van der Waals surface area contributed by atoms with Crippen LogP contribution in [0.5, 0.6) is 0 Å². The van der Waals surface area contributed by atoms with E-state index in [9.17, 15) is 9.59 Å². The molecule has 3 aromatic heterocycles. The van der Waals surface area contributed by atoms with Gasteiger partial charge in [0.1, 0.15) is 16.5 Å². The van der Waals surface area contributed by atoms with E-state index in [1.54, 1.807) is 36.0 Å². The second-order valence-electron chi connectivity index (χ2n) is 7.36. The molecule has 0 bridgehead atoms. The quantitative estimate of drug-likeness (QED) is 0.390. The molecule has 2 amide bonds. The van der Waals surface area contributed by atoms with Crippen molar-refractivity contribution in [1.82, 2.24) is 20.2 Å². The number of thioether (sulfide) groups is 1. The highest BCUT2D eigenvalue weighted by Gasteiger charge is 2.28. The van der Waals surface area contributed by atoms with Crippen molar-refractivity contribution >= 4 is 34.9 Å². The zero-order valence-corrected chi connectivity index (χ0v) is 19.2. The fraction of sp³-hybridized carbons (Fsp3) is 0.304. The van der Waals surface area contributed by atoms with E-state index in [4.69, 9.17) is 4.42 Å². The maximum atomic E-state index is 13.1. The Kier molecular flexibility index (Phi) is 7.39. The number of thiazole rings is 1. The summed E-state index contributed by atoms with van der Waals surface area (Å²) in [5, 5.41) is 6.31. The minimum absolute atomic E-state index is 0.0141. The molecule has 0 aromatic carbocycles. The van der Waals surface area contributed by atoms with Crippen LogP contribution in [0.3, 0.4) is 0 Å². The Bertz CT molecular complexity index is 1070. The van der Waals surface area contributed by atoms with Crippen molar-refractivity contribution in [3.8, 4) is 0 Å². The van der Waals surface area contributed by atoms with Crippen molar-refractivity contribution in [3.63, 3.8) is 0 Å². The van der Waals surface area contributed by atoms with E-state index in [1.165, 1.54) is 23.1 Å². The number of rotatable bonds is 8. The first kappa shape index (κ1) is 22.3. The third-order valence-electron chi connectivity index (χ3n) is 5.23. The van der Waals surface area contributed by atoms with E-state index >= 15 is 0 Å². The van der Waals surface area contributed by atoms with Gasteiger partial charge in [-0.2, -0.15) is 0 Å². The number of hydrogen-bond donors (Lipinski definition) is 1. The van der Waals surface area contributed by atoms with Gasteiger partial charge in [0.2, 0.25) is 0 Å². The number of nitrogens with one attached hydrogen (secondary N) is 1. The SMILES string of the molecule is C=CCSc1ncccc1C(=O)N1CCC(c2nc(C(=O)NCc3ccco3)cs2)CC1. The van der Waals surface area contributed by atoms with Gasteiger partial charge in [-0.3, -0.25) is 9.59 Å². The van der Waals surface area contributed by atoms with Crippen molar-refractivity contribution in [2.45, 2.75) is 30.3 Å². The predicted molar refractivity (Wildman–Crippen MR) is 125 cm³/mol. The van der Waals surface area contributed by atoms with Gasteiger partial charge in [0.25, 0.3) is 11.8 Å². The summed E-state index contributed by atoms with van der Waals surface area (Å²) in [6, 6.07) is 7.23. The number of pyridine rings is 1. The smallest absolute Gasteiger partial charge is 0.271 e. The normalized spacial score (nSPS) is 14.3. The highest BCUT2D eigenvalue weighted by atomic mass is 32.2. The number of likely N-dealkylation sites (tertiary alicyclic amines) is 1. The van der Waals surface area contributed by atoms with E-state index in [2.05, 4.69) is 21.9 Å². The number of furan rings is 1. The molecule has 32 heavy (non-hydrogen) atoms. The first-order chi connectivity index (χ1) is 15.7. The summed E-state index contributed by atoms with van der Waals surface area (Å²) in [4.78, 5) is 36.2. The summed E-state index contributed by atoms with van der Waals surface area (Å²) in [6.07, 6.45) is 6.73. The maximum absolute atomic E-state index is 13.1. The number of carbonyl (C=O) groups is 2. The highest BCUT2D eigenvalue weighted by molar-refractivity contribution is 7.99. The molecule has 3 aromatic rings. The first-order valence-electron chi connectivity index (χ1n) is 10.4. The second-order valence-corrected chi connectivity index (χ2v) is 9.25. The standard InChI is InChI=1S/C23H24N4O3S2/c1-2-13-31-22-18(6-3-9-24-22)23(29)27-10-7-16(8-11-27)21-26-19(15-32-21)20(28)25-14-17-5-4-12-30-17/h2-6,9,12,15-16H,1,7-8,10-11,13-14H2,(H,25,28). The molecule has 0 unspecified atom stereocenters. The summed E-state index contributed by atoms with van der Waals surface area (Å²) < 4.78 is 5.23. The second kappa shape index (κ2) is 10.6. The van der Waals surface area contributed by atoms with E-state index < -0.39 is 0 Å². The molecule has 166 valence electrons. The summed E-state index contributed by atoms with van der Waals surface area (Å²) in [5.74, 6) is 1.46. The number of amides is 2. The largest absolute Gasteiger partial charge is 0.467 e. The predicted octanol–water partition coefficient (Wildman–Crippen LogP) is 4.36. The molecule has 1 N–H and O–H groups in total. The van der Waals surface area contributed by atoms with Gasteiger partial charge in [-0.1, -0.05) is 6.08 Å². The third-order valence-corrected chi connectivity index (χ3v) is 7.24. The Balaban J connectivity index is 1.33. The van der Waals surface area contributed by atoms with Crippen LogP contribution in [0.25, 0.3) is 0 Å². The Labute approximate surface area is 194 Å². The zero-order valence-electron chi connectivity index (χ0n) is 17.5. The lowest BCUT2D eigenvalue weighted by Crippen LogP contribution is -2.38. The van der Waals surface area contributed by atoms with Crippen LogP contribution in [0.15, 0.2) is 64.2 Å². The molecule has 0 atom stereocenters. The fourth-order valence-corrected chi connectivity index (χ4v) is 5.25. The van der Waals surface area contributed by atoms with Crippen LogP contribution in [-0.2, 0) is 6.54 Å². The maximum Gasteiger partial charge on any atom is 0.271 e. The molecule has 1 saturated heterocycles. The number of nitrogens with zero attached hydrogens (tertiary/aromatic N) is 3. The van der Waals surface area contributed by atoms with Gasteiger partial charge in [-0.05, 0) is 37.1 Å². The lowest BCUT2D eigenvalue weighted by Gasteiger charge is -2.31. The number of piperidine rings is 1. The topological polar surface area (TPSA) is 88.3 Å². The van der Waals surface area contributed by atoms with Crippen LogP contribution in [0, 0.1) is 0 Å². The van der Waals surface area contributed by atoms with Gasteiger partial charge in [-0.15, -0.1) is 29.7 Å². The van der Waals surface area contributed by atoms with Crippen LogP contribution in [0.4, 0.5) is 0 Å². The van der Waals surface area contributed by atoms with Crippen LogP contribution in [0.1, 0.15) is 50.4 Å². The molecule has 9 heteroatoms. The lowest BCUT2D eigenvalue weighted by atomic mass is 9.97. The van der Waals surface area contributed by atoms with Gasteiger partial charge in [0.05, 0.1) is 23.4 Å². The van der Waals surface area contributed by atoms with Crippen molar-refractivity contribution in [2.75, 3.05) is 18.8 Å². The number of carbonyl (C=O) groups excluding carboxylic acids is 2. The van der Waals surface area contributed by atoms with Gasteiger partial charge in [0, 0.05) is 36.3 Å². The molecule has 0 spiro atoms. The number of aromatic nitrogens is 2. The van der Waals surface area contributed by atoms with Gasteiger partial charge in [-0.25, -0.2) is 9.97 Å². The number of hydrogen-bond acceptors (Lipinski definition) is 7. The zero-order chi connectivity index (χ0) is 22.3. The summed E-state index contributed by atoms with van der Waals surface area (Å²) in [5.41, 5.74) is 1.07. The molecular formula is C23H24N4O3S2. The van der Waals surface area contributed by atoms with Crippen molar-refractivity contribution in [2.24, 2.45) is 0 Å². The molecule has 0 saturated carbocycles. The minimum Gasteiger partial charge on any atom is -0.467 e. The lowest BCUT2D eigenvalue weighted by molar-refractivity contribution is 0.0708. The Morgan fingerprint density at radius 3 is 2.91 bits per heavy atom. The third kappa shape index (κ3) is 5.28. The van der Waals surface area contributed by atoms with Crippen LogP contribution < -0.4 is 5.32 Å². The van der Waals surface area contributed by atoms with Crippen LogP contribution in [0.2, 0.25) is 0 Å². The highest BCUT2D eigenvalue weighted by Crippen LogP contribution is 2.31. The Morgan fingerprint density at radius 1 is 1.31 bits per heavy atom. The Hall–Kier alpha value is -2.91. The van der Waals surface area contributed by atoms with E-state index in [1.807, 2.05) is 17.0 Å². The van der Waals surface area contributed by atoms with Crippen molar-refractivity contribution < 1.29 is 14.0 Å². The van der Waals surface area contributed by atoms with Crippen molar-refractivity contribution in [3.05, 3.63) is 76.8 Å². The van der Waals surface area contributed by atoms with Crippen LogP contribution >= 0.6 is 23.1 Å². The minimum atomic E-state index is -0.211. The van der Waals surface area contributed by atoms with Crippen molar-refractivity contribution in [1.29, 1.82) is 0 Å². The monoisotopic (exact) mass is 468 g/mol.